The molecule has 0 saturated carbocycles. The van der Waals surface area contributed by atoms with Crippen molar-refractivity contribution in [3.05, 3.63) is 58.6 Å². The van der Waals surface area contributed by atoms with Crippen molar-refractivity contribution in [2.75, 3.05) is 31.2 Å². The van der Waals surface area contributed by atoms with Crippen LogP contribution in [0, 0.1) is 0 Å². The lowest BCUT2D eigenvalue weighted by Gasteiger charge is -2.23. The number of ether oxygens (including phenoxy) is 1. The Morgan fingerprint density at radius 1 is 1.12 bits per heavy atom. The number of aliphatic hydroxyl groups is 1. The summed E-state index contributed by atoms with van der Waals surface area (Å²) in [4.78, 5) is 52.1. The molecule has 1 aliphatic heterocycles. The summed E-state index contributed by atoms with van der Waals surface area (Å²) < 4.78 is 5.31. The van der Waals surface area contributed by atoms with Crippen molar-refractivity contribution in [1.29, 1.82) is 0 Å². The maximum absolute atomic E-state index is 13.4. The van der Waals surface area contributed by atoms with Gasteiger partial charge in [-0.2, -0.15) is 0 Å². The molecule has 0 fully saturated rings. The molecule has 2 aromatic rings. The van der Waals surface area contributed by atoms with Crippen molar-refractivity contribution in [2.24, 2.45) is 0 Å². The van der Waals surface area contributed by atoms with Crippen LogP contribution in [-0.2, 0) is 20.9 Å². The van der Waals surface area contributed by atoms with E-state index in [1.807, 2.05) is 0 Å². The van der Waals surface area contributed by atoms with E-state index in [1.54, 1.807) is 30.3 Å². The fourth-order valence-corrected chi connectivity index (χ4v) is 3.54. The zero-order chi connectivity index (χ0) is 24.0. The smallest absolute Gasteiger partial charge is 0.260 e. The number of anilines is 1. The molecule has 0 saturated heterocycles. The molecule has 33 heavy (non-hydrogen) atoms. The van der Waals surface area contributed by atoms with E-state index in [2.05, 4.69) is 10.9 Å². The third-order valence-electron chi connectivity index (χ3n) is 4.78. The molecule has 0 spiro atoms. The third kappa shape index (κ3) is 5.99. The zero-order valence-corrected chi connectivity index (χ0v) is 18.6. The van der Waals surface area contributed by atoms with Gasteiger partial charge >= 0.3 is 0 Å². The number of carbonyl (C=O) groups is 4. The number of fused-ring (bicyclic) bond motifs is 1. The van der Waals surface area contributed by atoms with Crippen LogP contribution in [0.1, 0.15) is 22.8 Å². The summed E-state index contributed by atoms with van der Waals surface area (Å²) in [5.74, 6) is -1.56. The number of hydrogen-bond acceptors (Lipinski definition) is 6. The Kier molecular flexibility index (Phi) is 7.86. The normalized spacial score (nSPS) is 13.1. The van der Waals surface area contributed by atoms with E-state index >= 15 is 0 Å². The monoisotopic (exact) mass is 474 g/mol. The molecule has 0 aromatic heterocycles. The molecular formula is C22H23ClN4O6. The summed E-state index contributed by atoms with van der Waals surface area (Å²) in [7, 11) is 0. The summed E-state index contributed by atoms with van der Waals surface area (Å²) in [6.45, 7) is 0.671. The molecule has 174 valence electrons. The minimum Gasteiger partial charge on any atom is -0.491 e. The maximum Gasteiger partial charge on any atom is 0.260 e. The third-order valence-corrected chi connectivity index (χ3v) is 5.09. The Balaban J connectivity index is 1.85. The summed E-state index contributed by atoms with van der Waals surface area (Å²) in [5.41, 5.74) is 5.77. The summed E-state index contributed by atoms with van der Waals surface area (Å²) in [6, 6.07) is 11.5. The van der Waals surface area contributed by atoms with Crippen molar-refractivity contribution in [2.45, 2.75) is 13.5 Å². The van der Waals surface area contributed by atoms with E-state index in [0.29, 0.717) is 17.0 Å². The number of amides is 4. The predicted octanol–water partition coefficient (Wildman–Crippen LogP) is 0.867. The standard InChI is InChI=1S/C22H23ClN4O6/c1-14(29)24-25-20(30)12-26-11-15-4-2-3-5-19(15)27(13-21(26)31)22(32)17-7-6-16(10-18(17)23)33-9-8-28/h2-7,10,28H,8-9,11-13H2,1H3,(H,24,29)(H,25,30). The van der Waals surface area contributed by atoms with E-state index < -0.39 is 23.6 Å². The first-order valence-electron chi connectivity index (χ1n) is 10.1. The minimum atomic E-state index is -0.572. The highest BCUT2D eigenvalue weighted by Crippen LogP contribution is 2.30. The number of rotatable bonds is 6. The van der Waals surface area contributed by atoms with Crippen LogP contribution in [0.4, 0.5) is 5.69 Å². The second kappa shape index (κ2) is 10.8. The summed E-state index contributed by atoms with van der Waals surface area (Å²) in [5, 5.41) is 9.02. The van der Waals surface area contributed by atoms with Crippen molar-refractivity contribution in [3.63, 3.8) is 0 Å². The Morgan fingerprint density at radius 3 is 2.58 bits per heavy atom. The van der Waals surface area contributed by atoms with E-state index in [9.17, 15) is 19.2 Å². The largest absolute Gasteiger partial charge is 0.491 e. The maximum atomic E-state index is 13.4. The van der Waals surface area contributed by atoms with Crippen molar-refractivity contribution in [3.8, 4) is 5.75 Å². The molecule has 1 aliphatic rings. The lowest BCUT2D eigenvalue weighted by Crippen LogP contribution is -2.48. The van der Waals surface area contributed by atoms with Gasteiger partial charge in [-0.25, -0.2) is 0 Å². The molecule has 0 aliphatic carbocycles. The van der Waals surface area contributed by atoms with E-state index in [4.69, 9.17) is 21.4 Å². The van der Waals surface area contributed by atoms with Gasteiger partial charge in [-0.3, -0.25) is 34.9 Å². The second-order valence-corrected chi connectivity index (χ2v) is 7.62. The summed E-state index contributed by atoms with van der Waals surface area (Å²) in [6.07, 6.45) is 0. The van der Waals surface area contributed by atoms with E-state index in [-0.39, 0.29) is 43.4 Å². The van der Waals surface area contributed by atoms with Gasteiger partial charge < -0.3 is 14.7 Å². The quantitative estimate of drug-likeness (QED) is 0.533. The molecule has 11 heteroatoms. The number of para-hydroxylation sites is 1. The fourth-order valence-electron chi connectivity index (χ4n) is 3.29. The average Bonchev–Trinajstić information content (AvgIpc) is 2.92. The van der Waals surface area contributed by atoms with E-state index in [1.165, 1.54) is 28.9 Å². The summed E-state index contributed by atoms with van der Waals surface area (Å²) >= 11 is 6.31. The Labute approximate surface area is 195 Å². The highest BCUT2D eigenvalue weighted by atomic mass is 35.5. The van der Waals surface area contributed by atoms with Crippen molar-refractivity contribution in [1.82, 2.24) is 15.8 Å². The molecule has 0 atom stereocenters. The molecule has 0 radical (unpaired) electrons. The van der Waals surface area contributed by atoms with Gasteiger partial charge in [-0.1, -0.05) is 29.8 Å². The number of aliphatic hydroxyl groups excluding tert-OH is 1. The molecule has 10 nitrogen and oxygen atoms in total. The SMILES string of the molecule is CC(=O)NNC(=O)CN1Cc2ccccc2N(C(=O)c2ccc(OCCO)cc2Cl)CC1=O. The molecule has 1 heterocycles. The van der Waals surface area contributed by atoms with Gasteiger partial charge in [-0.05, 0) is 29.8 Å². The van der Waals surface area contributed by atoms with Crippen LogP contribution < -0.4 is 20.5 Å². The van der Waals surface area contributed by atoms with Gasteiger partial charge in [0.25, 0.3) is 11.8 Å². The first-order valence-corrected chi connectivity index (χ1v) is 10.4. The molecule has 4 amide bonds. The van der Waals surface area contributed by atoms with Crippen LogP contribution >= 0.6 is 11.6 Å². The van der Waals surface area contributed by atoms with Crippen LogP contribution in [0.3, 0.4) is 0 Å². The minimum absolute atomic E-state index is 0.0863. The number of nitrogens with zero attached hydrogens (tertiary/aromatic N) is 2. The number of halogens is 1. The first-order chi connectivity index (χ1) is 15.8. The lowest BCUT2D eigenvalue weighted by molar-refractivity contribution is -0.136. The van der Waals surface area contributed by atoms with Gasteiger partial charge in [0, 0.05) is 19.2 Å². The highest BCUT2D eigenvalue weighted by Gasteiger charge is 2.31. The highest BCUT2D eigenvalue weighted by molar-refractivity contribution is 6.34. The van der Waals surface area contributed by atoms with Gasteiger partial charge in [-0.15, -0.1) is 0 Å². The Bertz CT molecular complexity index is 1080. The average molecular weight is 475 g/mol. The Morgan fingerprint density at radius 2 is 1.88 bits per heavy atom. The number of hydrazine groups is 1. The van der Waals surface area contributed by atoms with Gasteiger partial charge in [0.1, 0.15) is 25.4 Å². The van der Waals surface area contributed by atoms with E-state index in [0.717, 1.165) is 0 Å². The van der Waals surface area contributed by atoms with Gasteiger partial charge in [0.2, 0.25) is 11.8 Å². The lowest BCUT2D eigenvalue weighted by atomic mass is 10.1. The number of nitrogens with one attached hydrogen (secondary N) is 2. The fraction of sp³-hybridized carbons (Fsp3) is 0.273. The van der Waals surface area contributed by atoms with Gasteiger partial charge in [0.05, 0.1) is 17.2 Å². The van der Waals surface area contributed by atoms with Crippen molar-refractivity contribution < 1.29 is 29.0 Å². The van der Waals surface area contributed by atoms with Crippen LogP contribution in [0.15, 0.2) is 42.5 Å². The Hall–Kier alpha value is -3.63. The zero-order valence-electron chi connectivity index (χ0n) is 17.8. The number of hydrogen-bond donors (Lipinski definition) is 3. The second-order valence-electron chi connectivity index (χ2n) is 7.21. The number of carbonyl (C=O) groups excluding carboxylic acids is 4. The number of benzene rings is 2. The van der Waals surface area contributed by atoms with Crippen molar-refractivity contribution >= 4 is 40.9 Å². The molecular weight excluding hydrogens is 452 g/mol. The van der Waals surface area contributed by atoms with Crippen LogP contribution in [0.25, 0.3) is 0 Å². The molecule has 0 unspecified atom stereocenters. The predicted molar refractivity (Wildman–Crippen MR) is 120 cm³/mol. The topological polar surface area (TPSA) is 128 Å². The molecule has 0 bridgehead atoms. The molecule has 2 aromatic carbocycles. The first kappa shape index (κ1) is 24.0. The van der Waals surface area contributed by atoms with Crippen LogP contribution in [-0.4, -0.2) is 59.9 Å². The van der Waals surface area contributed by atoms with Crippen LogP contribution in [0.2, 0.25) is 5.02 Å². The molecule has 3 N–H and O–H groups in total. The molecule has 3 rings (SSSR count). The van der Waals surface area contributed by atoms with Crippen LogP contribution in [0.5, 0.6) is 5.75 Å². The van der Waals surface area contributed by atoms with Gasteiger partial charge in [0.15, 0.2) is 0 Å².